The van der Waals surface area contributed by atoms with Gasteiger partial charge in [0.2, 0.25) is 0 Å². The number of rotatable bonds is 5. The van der Waals surface area contributed by atoms with Gasteiger partial charge in [-0.2, -0.15) is 18.3 Å². The number of methoxy groups -OCH3 is 1. The molecule has 35 heavy (non-hydrogen) atoms. The summed E-state index contributed by atoms with van der Waals surface area (Å²) in [6.45, 7) is 3.46. The Labute approximate surface area is 201 Å². The third kappa shape index (κ3) is 4.64. The Balaban J connectivity index is 1.79. The molecule has 11 heteroatoms. The summed E-state index contributed by atoms with van der Waals surface area (Å²) in [6.07, 6.45) is -5.07. The van der Waals surface area contributed by atoms with Gasteiger partial charge in [-0.05, 0) is 50.1 Å². The average molecular weight is 508 g/mol. The van der Waals surface area contributed by atoms with Gasteiger partial charge in [0.15, 0.2) is 9.84 Å². The van der Waals surface area contributed by atoms with Crippen molar-refractivity contribution in [2.45, 2.75) is 42.6 Å². The van der Waals surface area contributed by atoms with Gasteiger partial charge in [-0.3, -0.25) is 0 Å². The van der Waals surface area contributed by atoms with Gasteiger partial charge in [0.25, 0.3) is 0 Å². The zero-order valence-electron chi connectivity index (χ0n) is 19.3. The number of sulfone groups is 1. The highest BCUT2D eigenvalue weighted by Gasteiger charge is 2.47. The lowest BCUT2D eigenvalue weighted by molar-refractivity contribution is -0.142. The number of halogens is 3. The maximum atomic E-state index is 13.6. The first-order valence-electron chi connectivity index (χ1n) is 10.8. The van der Waals surface area contributed by atoms with E-state index in [-0.39, 0.29) is 13.0 Å². The fraction of sp³-hybridized carbons (Fsp3) is 0.333. The number of hydrogen-bond donors (Lipinski definition) is 0. The van der Waals surface area contributed by atoms with Gasteiger partial charge in [0.1, 0.15) is 11.9 Å². The molecule has 1 saturated heterocycles. The Bertz CT molecular complexity index is 1370. The minimum absolute atomic E-state index is 0.203. The SMILES string of the molecule is COC(=O)C1C[C@@H](S(=O)(=O)c2ccccc2C(F)(F)F)CN1c1cc(C)nn1-c1cccc(C)c1. The summed E-state index contributed by atoms with van der Waals surface area (Å²) in [5.74, 6) is -0.230. The van der Waals surface area contributed by atoms with Crippen LogP contribution in [0.15, 0.2) is 59.5 Å². The van der Waals surface area contributed by atoms with Crippen LogP contribution < -0.4 is 4.90 Å². The number of carbonyl (C=O) groups is 1. The maximum Gasteiger partial charge on any atom is 0.417 e. The van der Waals surface area contributed by atoms with Crippen LogP contribution in [0.1, 0.15) is 23.2 Å². The molecule has 1 aliphatic heterocycles. The fourth-order valence-corrected chi connectivity index (χ4v) is 6.31. The molecule has 7 nitrogen and oxygen atoms in total. The van der Waals surface area contributed by atoms with Crippen LogP contribution in [0.25, 0.3) is 5.69 Å². The second-order valence-corrected chi connectivity index (χ2v) is 10.7. The largest absolute Gasteiger partial charge is 0.467 e. The van der Waals surface area contributed by atoms with Crippen molar-refractivity contribution in [2.75, 3.05) is 18.6 Å². The summed E-state index contributed by atoms with van der Waals surface area (Å²) < 4.78 is 74.1. The van der Waals surface area contributed by atoms with Crippen LogP contribution in [0.3, 0.4) is 0 Å². The number of anilines is 1. The Kier molecular flexibility index (Phi) is 6.39. The second kappa shape index (κ2) is 9.03. The van der Waals surface area contributed by atoms with Gasteiger partial charge in [-0.15, -0.1) is 0 Å². The molecule has 1 fully saturated rings. The topological polar surface area (TPSA) is 81.5 Å². The minimum Gasteiger partial charge on any atom is -0.467 e. The molecule has 186 valence electrons. The highest BCUT2D eigenvalue weighted by atomic mass is 32.2. The van der Waals surface area contributed by atoms with Crippen molar-refractivity contribution in [3.63, 3.8) is 0 Å². The van der Waals surface area contributed by atoms with Crippen molar-refractivity contribution in [1.29, 1.82) is 0 Å². The minimum atomic E-state index is -4.84. The summed E-state index contributed by atoms with van der Waals surface area (Å²) in [5.41, 5.74) is 1.06. The average Bonchev–Trinajstić information content (AvgIpc) is 3.42. The molecule has 0 saturated carbocycles. The van der Waals surface area contributed by atoms with E-state index in [1.54, 1.807) is 22.6 Å². The smallest absolute Gasteiger partial charge is 0.417 e. The molecule has 3 aromatic rings. The van der Waals surface area contributed by atoms with Gasteiger partial charge in [0.05, 0.1) is 34.2 Å². The Morgan fingerprint density at radius 1 is 1.09 bits per heavy atom. The van der Waals surface area contributed by atoms with Crippen molar-refractivity contribution in [1.82, 2.24) is 9.78 Å². The van der Waals surface area contributed by atoms with Crippen molar-refractivity contribution >= 4 is 21.6 Å². The number of alkyl halides is 3. The molecular formula is C24H24F3N3O4S. The van der Waals surface area contributed by atoms with Crippen molar-refractivity contribution in [3.05, 3.63) is 71.4 Å². The fourth-order valence-electron chi connectivity index (χ4n) is 4.40. The molecule has 2 aromatic carbocycles. The van der Waals surface area contributed by atoms with E-state index >= 15 is 0 Å². The van der Waals surface area contributed by atoms with Crippen LogP contribution in [-0.4, -0.2) is 49.1 Å². The Morgan fingerprint density at radius 3 is 2.46 bits per heavy atom. The molecule has 0 spiro atoms. The van der Waals surface area contributed by atoms with E-state index in [0.29, 0.717) is 17.2 Å². The number of esters is 1. The van der Waals surface area contributed by atoms with E-state index in [1.807, 2.05) is 31.2 Å². The highest BCUT2D eigenvalue weighted by molar-refractivity contribution is 7.92. The van der Waals surface area contributed by atoms with Crippen LogP contribution >= 0.6 is 0 Å². The monoisotopic (exact) mass is 507 g/mol. The predicted octanol–water partition coefficient (Wildman–Crippen LogP) is 4.10. The quantitative estimate of drug-likeness (QED) is 0.484. The summed E-state index contributed by atoms with van der Waals surface area (Å²) in [6, 6.07) is 12.2. The molecule has 0 aliphatic carbocycles. The van der Waals surface area contributed by atoms with Crippen molar-refractivity contribution < 1.29 is 31.1 Å². The maximum absolute atomic E-state index is 13.6. The number of benzene rings is 2. The first-order valence-corrected chi connectivity index (χ1v) is 12.4. The molecule has 2 heterocycles. The van der Waals surface area contributed by atoms with Gasteiger partial charge in [-0.25, -0.2) is 17.9 Å². The molecule has 0 bridgehead atoms. The lowest BCUT2D eigenvalue weighted by Gasteiger charge is -2.25. The molecule has 1 unspecified atom stereocenters. The summed E-state index contributed by atoms with van der Waals surface area (Å²) >= 11 is 0. The highest BCUT2D eigenvalue weighted by Crippen LogP contribution is 2.39. The van der Waals surface area contributed by atoms with E-state index in [1.165, 1.54) is 13.2 Å². The standard InChI is InChI=1S/C24H24F3N3O4S/c1-15-7-6-8-17(11-15)30-22(12-16(2)28-30)29-14-18(13-20(29)23(31)34-3)35(32,33)21-10-5-4-9-19(21)24(25,26)27/h4-12,18,20H,13-14H2,1-3H3/t18-,20?/m1/s1. The lowest BCUT2D eigenvalue weighted by Crippen LogP contribution is -2.38. The van der Waals surface area contributed by atoms with Crippen LogP contribution in [0.4, 0.5) is 19.0 Å². The predicted molar refractivity (Wildman–Crippen MR) is 123 cm³/mol. The van der Waals surface area contributed by atoms with E-state index in [2.05, 4.69) is 5.10 Å². The van der Waals surface area contributed by atoms with E-state index in [0.717, 1.165) is 23.8 Å². The summed E-state index contributed by atoms with van der Waals surface area (Å²) in [5, 5.41) is 3.24. The van der Waals surface area contributed by atoms with Gasteiger partial charge in [0, 0.05) is 12.6 Å². The zero-order valence-corrected chi connectivity index (χ0v) is 20.1. The van der Waals surface area contributed by atoms with E-state index in [4.69, 9.17) is 4.74 Å². The lowest BCUT2D eigenvalue weighted by atomic mass is 10.2. The molecule has 1 aromatic heterocycles. The number of aryl methyl sites for hydroxylation is 2. The first-order chi connectivity index (χ1) is 16.4. The number of carbonyl (C=O) groups excluding carboxylic acids is 1. The van der Waals surface area contributed by atoms with Crippen LogP contribution in [-0.2, 0) is 25.5 Å². The molecule has 2 atom stereocenters. The molecule has 0 amide bonds. The zero-order chi connectivity index (χ0) is 25.5. The molecule has 4 rings (SSSR count). The van der Waals surface area contributed by atoms with Crippen molar-refractivity contribution in [3.8, 4) is 5.69 Å². The Morgan fingerprint density at radius 2 is 1.80 bits per heavy atom. The van der Waals surface area contributed by atoms with Crippen molar-refractivity contribution in [2.24, 2.45) is 0 Å². The Hall–Kier alpha value is -3.34. The normalized spacial score (nSPS) is 18.6. The number of aromatic nitrogens is 2. The van der Waals surface area contributed by atoms with Gasteiger partial charge < -0.3 is 9.64 Å². The molecule has 0 radical (unpaired) electrons. The van der Waals surface area contributed by atoms with E-state index in [9.17, 15) is 26.4 Å². The van der Waals surface area contributed by atoms with Gasteiger partial charge >= 0.3 is 12.1 Å². The summed E-state index contributed by atoms with van der Waals surface area (Å²) in [7, 11) is -3.26. The van der Waals surface area contributed by atoms with Crippen LogP contribution in [0.2, 0.25) is 0 Å². The second-order valence-electron chi connectivity index (χ2n) is 8.48. The third-order valence-corrected chi connectivity index (χ3v) is 8.22. The molecule has 1 aliphatic rings. The van der Waals surface area contributed by atoms with Crippen LogP contribution in [0.5, 0.6) is 0 Å². The molecule has 0 N–H and O–H groups in total. The third-order valence-electron chi connectivity index (χ3n) is 6.03. The van der Waals surface area contributed by atoms with Crippen LogP contribution in [0, 0.1) is 13.8 Å². The van der Waals surface area contributed by atoms with E-state index < -0.39 is 43.7 Å². The number of ether oxygens (including phenoxy) is 1. The number of nitrogens with zero attached hydrogens (tertiary/aromatic N) is 3. The number of hydrogen-bond acceptors (Lipinski definition) is 6. The summed E-state index contributed by atoms with van der Waals surface area (Å²) in [4.78, 5) is 13.4. The first kappa shape index (κ1) is 24.8. The molecular weight excluding hydrogens is 483 g/mol. The van der Waals surface area contributed by atoms with Gasteiger partial charge in [-0.1, -0.05) is 24.3 Å².